The Hall–Kier alpha value is -1.35. The van der Waals surface area contributed by atoms with Crippen LogP contribution in [0.4, 0.5) is 0 Å². The Balaban J connectivity index is 2.16. The number of aliphatic carboxylic acids is 1. The van der Waals surface area contributed by atoms with Crippen LogP contribution in [0.1, 0.15) is 30.7 Å². The lowest BCUT2D eigenvalue weighted by Gasteiger charge is -2.34. The predicted molar refractivity (Wildman–Crippen MR) is 71.7 cm³/mol. The highest BCUT2D eigenvalue weighted by Gasteiger charge is 2.28. The van der Waals surface area contributed by atoms with Crippen molar-refractivity contribution in [2.75, 3.05) is 20.1 Å². The van der Waals surface area contributed by atoms with Crippen LogP contribution in [0.5, 0.6) is 0 Å². The molecule has 1 aliphatic rings. The summed E-state index contributed by atoms with van der Waals surface area (Å²) in [5, 5.41) is 9.13. The van der Waals surface area contributed by atoms with E-state index < -0.39 is 5.97 Å². The molecule has 0 spiro atoms. The molecule has 0 unspecified atom stereocenters. The highest BCUT2D eigenvalue weighted by molar-refractivity contribution is 5.68. The lowest BCUT2D eigenvalue weighted by Crippen LogP contribution is -2.35. The van der Waals surface area contributed by atoms with Crippen LogP contribution < -0.4 is 0 Å². The van der Waals surface area contributed by atoms with Gasteiger partial charge in [-0.25, -0.2) is 0 Å². The van der Waals surface area contributed by atoms with Crippen LogP contribution in [-0.4, -0.2) is 36.1 Å². The zero-order valence-electron chi connectivity index (χ0n) is 10.9. The molecule has 1 saturated heterocycles. The summed E-state index contributed by atoms with van der Waals surface area (Å²) in [6.07, 6.45) is 2.55. The van der Waals surface area contributed by atoms with E-state index in [0.717, 1.165) is 19.5 Å². The first kappa shape index (κ1) is 13.1. The van der Waals surface area contributed by atoms with Gasteiger partial charge in [0.25, 0.3) is 0 Å². The van der Waals surface area contributed by atoms with E-state index in [1.807, 2.05) is 18.2 Å². The van der Waals surface area contributed by atoms with Gasteiger partial charge in [0.1, 0.15) is 0 Å². The smallest absolute Gasteiger partial charge is 0.303 e. The van der Waals surface area contributed by atoms with Crippen molar-refractivity contribution in [2.45, 2.75) is 25.2 Å². The van der Waals surface area contributed by atoms with Gasteiger partial charge in [-0.05, 0) is 43.8 Å². The number of hydrogen-bond donors (Lipinski definition) is 1. The molecule has 3 heteroatoms. The fourth-order valence-electron chi connectivity index (χ4n) is 2.98. The molecule has 2 rings (SSSR count). The predicted octanol–water partition coefficient (Wildman–Crippen LogP) is 2.59. The summed E-state index contributed by atoms with van der Waals surface area (Å²) >= 11 is 0. The lowest BCUT2D eigenvalue weighted by molar-refractivity contribution is -0.137. The number of carboxylic acids is 1. The molecule has 0 radical (unpaired) electrons. The van der Waals surface area contributed by atoms with Crippen molar-refractivity contribution in [1.29, 1.82) is 0 Å². The summed E-state index contributed by atoms with van der Waals surface area (Å²) in [6.45, 7) is 2.14. The molecule has 1 fully saturated rings. The topological polar surface area (TPSA) is 40.5 Å². The maximum atomic E-state index is 11.1. The molecule has 2 atom stereocenters. The van der Waals surface area contributed by atoms with Crippen molar-refractivity contribution >= 4 is 5.97 Å². The minimum Gasteiger partial charge on any atom is -0.481 e. The van der Waals surface area contributed by atoms with E-state index in [-0.39, 0.29) is 12.3 Å². The van der Waals surface area contributed by atoms with Gasteiger partial charge >= 0.3 is 5.97 Å². The summed E-state index contributed by atoms with van der Waals surface area (Å²) in [6, 6.07) is 10.1. The van der Waals surface area contributed by atoms with Gasteiger partial charge in [-0.15, -0.1) is 0 Å². The van der Waals surface area contributed by atoms with E-state index in [1.54, 1.807) is 0 Å². The second kappa shape index (κ2) is 6.01. The van der Waals surface area contributed by atoms with Gasteiger partial charge in [0, 0.05) is 6.54 Å². The van der Waals surface area contributed by atoms with Gasteiger partial charge in [0.15, 0.2) is 0 Å². The molecule has 1 aliphatic heterocycles. The number of nitrogens with zero attached hydrogens (tertiary/aromatic N) is 1. The molecule has 98 valence electrons. The first-order chi connectivity index (χ1) is 8.66. The number of rotatable bonds is 4. The van der Waals surface area contributed by atoms with Crippen LogP contribution in [0, 0.1) is 5.92 Å². The van der Waals surface area contributed by atoms with E-state index in [2.05, 4.69) is 24.1 Å². The van der Waals surface area contributed by atoms with Crippen LogP contribution in [0.25, 0.3) is 0 Å². The molecular weight excluding hydrogens is 226 g/mol. The molecule has 0 aromatic heterocycles. The third-order valence-corrected chi connectivity index (χ3v) is 3.85. The zero-order valence-corrected chi connectivity index (χ0v) is 10.9. The van der Waals surface area contributed by atoms with Crippen molar-refractivity contribution in [3.05, 3.63) is 35.9 Å². The van der Waals surface area contributed by atoms with Crippen molar-refractivity contribution in [3.8, 4) is 0 Å². The highest BCUT2D eigenvalue weighted by atomic mass is 16.4. The van der Waals surface area contributed by atoms with E-state index in [9.17, 15) is 4.79 Å². The van der Waals surface area contributed by atoms with Crippen molar-refractivity contribution in [3.63, 3.8) is 0 Å². The highest BCUT2D eigenvalue weighted by Crippen LogP contribution is 2.33. The summed E-state index contributed by atoms with van der Waals surface area (Å²) in [4.78, 5) is 13.4. The maximum Gasteiger partial charge on any atom is 0.303 e. The van der Waals surface area contributed by atoms with E-state index >= 15 is 0 Å². The average molecular weight is 247 g/mol. The summed E-state index contributed by atoms with van der Waals surface area (Å²) in [5.74, 6) is -0.0919. The first-order valence-electron chi connectivity index (χ1n) is 6.62. The molecule has 1 heterocycles. The molecule has 0 saturated carbocycles. The number of hydrogen-bond acceptors (Lipinski definition) is 2. The Morgan fingerprint density at radius 2 is 2.17 bits per heavy atom. The van der Waals surface area contributed by atoms with Crippen molar-refractivity contribution < 1.29 is 9.90 Å². The minimum absolute atomic E-state index is 0.145. The van der Waals surface area contributed by atoms with Crippen LogP contribution in [-0.2, 0) is 4.79 Å². The fourth-order valence-corrected chi connectivity index (χ4v) is 2.98. The second-order valence-corrected chi connectivity index (χ2v) is 5.28. The third-order valence-electron chi connectivity index (χ3n) is 3.85. The third kappa shape index (κ3) is 3.33. The van der Waals surface area contributed by atoms with Crippen LogP contribution >= 0.6 is 0 Å². The van der Waals surface area contributed by atoms with E-state index in [4.69, 9.17) is 5.11 Å². The number of carboxylic acid groups (broad SMARTS) is 1. The number of benzene rings is 1. The quantitative estimate of drug-likeness (QED) is 0.889. The Labute approximate surface area is 108 Å². The Morgan fingerprint density at radius 1 is 1.44 bits per heavy atom. The summed E-state index contributed by atoms with van der Waals surface area (Å²) < 4.78 is 0. The standard InChI is InChI=1S/C15H21NO2/c1-16-9-5-8-13(11-16)14(10-15(17)18)12-6-3-2-4-7-12/h2-4,6-7,13-14H,5,8-11H2,1H3,(H,17,18)/t13-,14+/m0/s1. The molecule has 1 aromatic carbocycles. The number of piperidine rings is 1. The minimum atomic E-state index is -0.697. The fraction of sp³-hybridized carbons (Fsp3) is 0.533. The monoisotopic (exact) mass is 247 g/mol. The molecule has 1 N–H and O–H groups in total. The normalized spacial score (nSPS) is 22.6. The second-order valence-electron chi connectivity index (χ2n) is 5.28. The molecule has 18 heavy (non-hydrogen) atoms. The largest absolute Gasteiger partial charge is 0.481 e. The van der Waals surface area contributed by atoms with Gasteiger partial charge < -0.3 is 10.0 Å². The van der Waals surface area contributed by atoms with Gasteiger partial charge in [-0.2, -0.15) is 0 Å². The van der Waals surface area contributed by atoms with Crippen LogP contribution in [0.3, 0.4) is 0 Å². The number of likely N-dealkylation sites (tertiary alicyclic amines) is 1. The number of carbonyl (C=O) groups is 1. The zero-order chi connectivity index (χ0) is 13.0. The van der Waals surface area contributed by atoms with E-state index in [1.165, 1.54) is 12.0 Å². The molecular formula is C15H21NO2. The maximum absolute atomic E-state index is 11.1. The Kier molecular flexibility index (Phi) is 4.37. The summed E-state index contributed by atoms with van der Waals surface area (Å²) in [5.41, 5.74) is 1.17. The molecule has 3 nitrogen and oxygen atoms in total. The first-order valence-corrected chi connectivity index (χ1v) is 6.62. The lowest BCUT2D eigenvalue weighted by atomic mass is 9.79. The van der Waals surface area contributed by atoms with Gasteiger partial charge in [-0.3, -0.25) is 4.79 Å². The molecule has 0 amide bonds. The van der Waals surface area contributed by atoms with Gasteiger partial charge in [0.2, 0.25) is 0 Å². The van der Waals surface area contributed by atoms with Crippen molar-refractivity contribution in [2.24, 2.45) is 5.92 Å². The van der Waals surface area contributed by atoms with Crippen LogP contribution in [0.15, 0.2) is 30.3 Å². The molecule has 0 aliphatic carbocycles. The van der Waals surface area contributed by atoms with Crippen molar-refractivity contribution in [1.82, 2.24) is 4.90 Å². The average Bonchev–Trinajstić information content (AvgIpc) is 2.37. The molecule has 0 bridgehead atoms. The van der Waals surface area contributed by atoms with Gasteiger partial charge in [-0.1, -0.05) is 30.3 Å². The van der Waals surface area contributed by atoms with Gasteiger partial charge in [0.05, 0.1) is 6.42 Å². The van der Waals surface area contributed by atoms with E-state index in [0.29, 0.717) is 5.92 Å². The molecule has 1 aromatic rings. The Bertz CT molecular complexity index is 391. The Morgan fingerprint density at radius 3 is 2.78 bits per heavy atom. The summed E-state index contributed by atoms with van der Waals surface area (Å²) in [7, 11) is 2.12. The van der Waals surface area contributed by atoms with Crippen LogP contribution in [0.2, 0.25) is 0 Å². The SMILES string of the molecule is CN1CCC[C@H]([C@H](CC(=O)O)c2ccccc2)C1.